The highest BCUT2D eigenvalue weighted by Crippen LogP contribution is 2.28. The van der Waals surface area contributed by atoms with Crippen LogP contribution in [0.2, 0.25) is 0 Å². The molecular weight excluding hydrogens is 448 g/mol. The summed E-state index contributed by atoms with van der Waals surface area (Å²) in [5.41, 5.74) is 2.36. The third kappa shape index (κ3) is 4.14. The Kier molecular flexibility index (Phi) is 6.06. The van der Waals surface area contributed by atoms with Crippen LogP contribution in [0.5, 0.6) is 0 Å². The summed E-state index contributed by atoms with van der Waals surface area (Å²) in [6, 6.07) is 14.2. The minimum Gasteiger partial charge on any atom is -0.431 e. The van der Waals surface area contributed by atoms with Crippen LogP contribution in [0.3, 0.4) is 0 Å². The fourth-order valence-electron chi connectivity index (χ4n) is 3.35. The van der Waals surface area contributed by atoms with E-state index in [1.165, 1.54) is 26.2 Å². The minimum atomic E-state index is -3.58. The smallest absolute Gasteiger partial charge is 0.257 e. The number of carbonyl (C=O) groups is 1. The summed E-state index contributed by atoms with van der Waals surface area (Å²) < 4.78 is 33.4. The molecule has 164 valence electrons. The van der Waals surface area contributed by atoms with Crippen molar-refractivity contribution >= 4 is 49.6 Å². The number of hydrogen-bond donors (Lipinski definition) is 0. The van der Waals surface area contributed by atoms with Gasteiger partial charge in [-0.15, -0.1) is 0 Å². The molecule has 2 aromatic heterocycles. The summed E-state index contributed by atoms with van der Waals surface area (Å²) in [4.78, 5) is 17.4. The highest BCUT2D eigenvalue weighted by molar-refractivity contribution is 7.99. The molecule has 0 bridgehead atoms. The number of aryl methyl sites for hydroxylation is 1. The number of carbonyl (C=O) groups excluding carboxylic acids is 1. The van der Waals surface area contributed by atoms with Gasteiger partial charge in [0.25, 0.3) is 5.22 Å². The fraction of sp³-hybridized carbons (Fsp3) is 0.227. The third-order valence-corrected chi connectivity index (χ3v) is 7.64. The van der Waals surface area contributed by atoms with E-state index >= 15 is 0 Å². The van der Waals surface area contributed by atoms with Crippen LogP contribution in [0.4, 0.5) is 0 Å². The van der Waals surface area contributed by atoms with E-state index in [1.54, 1.807) is 12.3 Å². The lowest BCUT2D eigenvalue weighted by Crippen LogP contribution is -2.22. The second-order valence-electron chi connectivity index (χ2n) is 7.27. The van der Waals surface area contributed by atoms with E-state index in [9.17, 15) is 13.2 Å². The maximum Gasteiger partial charge on any atom is 0.257 e. The van der Waals surface area contributed by atoms with Crippen molar-refractivity contribution in [3.63, 3.8) is 0 Å². The number of nitrogens with zero attached hydrogens (tertiary/aromatic N) is 4. The lowest BCUT2D eigenvalue weighted by atomic mass is 10.1. The molecule has 2 aromatic carbocycles. The van der Waals surface area contributed by atoms with Crippen LogP contribution in [0, 0.1) is 11.3 Å². The zero-order valence-corrected chi connectivity index (χ0v) is 19.1. The topological polar surface area (TPSA) is 109 Å². The minimum absolute atomic E-state index is 0.0833. The molecule has 2 heterocycles. The van der Waals surface area contributed by atoms with Crippen LogP contribution in [-0.4, -0.2) is 47.9 Å². The van der Waals surface area contributed by atoms with Crippen molar-refractivity contribution in [2.45, 2.75) is 23.1 Å². The molecular formula is C22H20N4O4S2. The molecule has 0 aliphatic heterocycles. The van der Waals surface area contributed by atoms with E-state index < -0.39 is 10.0 Å². The van der Waals surface area contributed by atoms with Gasteiger partial charge in [0.05, 0.1) is 23.1 Å². The second kappa shape index (κ2) is 8.78. The lowest BCUT2D eigenvalue weighted by molar-refractivity contribution is 0.102. The number of thioether (sulfide) groups is 1. The molecule has 0 spiro atoms. The van der Waals surface area contributed by atoms with Gasteiger partial charge in [-0.1, -0.05) is 30.0 Å². The summed E-state index contributed by atoms with van der Waals surface area (Å²) in [5.74, 6) is 0.0297. The molecule has 4 rings (SSSR count). The van der Waals surface area contributed by atoms with Crippen LogP contribution in [0.15, 0.2) is 63.2 Å². The van der Waals surface area contributed by atoms with Crippen LogP contribution in [0.1, 0.15) is 16.8 Å². The molecule has 0 saturated carbocycles. The van der Waals surface area contributed by atoms with Gasteiger partial charge in [0.2, 0.25) is 10.0 Å². The lowest BCUT2D eigenvalue weighted by Gasteiger charge is -2.10. The summed E-state index contributed by atoms with van der Waals surface area (Å²) in [6.07, 6.45) is 2.14. The highest BCUT2D eigenvalue weighted by atomic mass is 32.2. The van der Waals surface area contributed by atoms with E-state index in [4.69, 9.17) is 9.68 Å². The Morgan fingerprint density at radius 1 is 1.25 bits per heavy atom. The van der Waals surface area contributed by atoms with Crippen LogP contribution in [0.25, 0.3) is 22.0 Å². The van der Waals surface area contributed by atoms with Gasteiger partial charge in [-0.05, 0) is 24.3 Å². The van der Waals surface area contributed by atoms with Gasteiger partial charge < -0.3 is 8.98 Å². The molecule has 10 heteroatoms. The summed E-state index contributed by atoms with van der Waals surface area (Å²) in [5, 5.41) is 10.0. The summed E-state index contributed by atoms with van der Waals surface area (Å²) in [6.45, 7) is 0.515. The molecule has 0 radical (unpaired) electrons. The van der Waals surface area contributed by atoms with E-state index in [2.05, 4.69) is 11.1 Å². The first kappa shape index (κ1) is 22.1. The van der Waals surface area contributed by atoms with E-state index in [0.717, 1.165) is 27.0 Å². The number of benzene rings is 2. The molecule has 0 fully saturated rings. The van der Waals surface area contributed by atoms with Gasteiger partial charge in [-0.2, -0.15) is 5.26 Å². The number of sulfonamides is 1. The monoisotopic (exact) mass is 468 g/mol. The normalized spacial score (nSPS) is 11.9. The van der Waals surface area contributed by atoms with Crippen LogP contribution < -0.4 is 0 Å². The van der Waals surface area contributed by atoms with E-state index in [-0.39, 0.29) is 16.4 Å². The second-order valence-corrected chi connectivity index (χ2v) is 10.3. The maximum absolute atomic E-state index is 12.9. The van der Waals surface area contributed by atoms with Crippen molar-refractivity contribution < 1.29 is 17.6 Å². The summed E-state index contributed by atoms with van der Waals surface area (Å²) >= 11 is 1.16. The van der Waals surface area contributed by atoms with Crippen molar-refractivity contribution in [1.29, 1.82) is 5.26 Å². The van der Waals surface area contributed by atoms with Gasteiger partial charge >= 0.3 is 0 Å². The van der Waals surface area contributed by atoms with Gasteiger partial charge in [0.15, 0.2) is 11.4 Å². The Balaban J connectivity index is 1.55. The Hall–Kier alpha value is -3.13. The van der Waals surface area contributed by atoms with E-state index in [1.807, 2.05) is 28.8 Å². The molecule has 0 aliphatic carbocycles. The molecule has 4 aromatic rings. The van der Waals surface area contributed by atoms with Crippen molar-refractivity contribution in [2.24, 2.45) is 0 Å². The third-order valence-electron chi connectivity index (χ3n) is 5.00. The number of oxazole rings is 1. The van der Waals surface area contributed by atoms with Gasteiger partial charge in [-0.25, -0.2) is 17.7 Å². The highest BCUT2D eigenvalue weighted by Gasteiger charge is 2.20. The van der Waals surface area contributed by atoms with Crippen molar-refractivity contribution in [1.82, 2.24) is 13.9 Å². The molecule has 0 unspecified atom stereocenters. The van der Waals surface area contributed by atoms with Gasteiger partial charge in [-0.3, -0.25) is 4.79 Å². The standard InChI is InChI=1S/C22H20N4O4S2/c1-25(2)32(28,29)15-8-9-21-18(12-15)24-22(30-21)31-14-20(27)17-13-26(11-5-10-23)19-7-4-3-6-16(17)19/h3-4,6-9,12-13H,5,11,14H2,1-2H3. The van der Waals surface area contributed by atoms with Crippen molar-refractivity contribution in [3.8, 4) is 6.07 Å². The van der Waals surface area contributed by atoms with Gasteiger partial charge in [0.1, 0.15) is 5.52 Å². The Morgan fingerprint density at radius 3 is 2.78 bits per heavy atom. The number of Topliss-reactive ketones (excluding diaryl/α,β-unsaturated/α-hetero) is 1. The molecule has 0 aliphatic rings. The van der Waals surface area contributed by atoms with Crippen molar-refractivity contribution in [2.75, 3.05) is 19.8 Å². The number of para-hydroxylation sites is 1. The predicted octanol–water partition coefficient (Wildman–Crippen LogP) is 3.92. The number of ketones is 1. The van der Waals surface area contributed by atoms with Crippen LogP contribution in [-0.2, 0) is 16.6 Å². The Bertz CT molecular complexity index is 1460. The zero-order valence-electron chi connectivity index (χ0n) is 17.5. The number of hydrogen-bond acceptors (Lipinski definition) is 7. The average molecular weight is 469 g/mol. The average Bonchev–Trinajstić information content (AvgIpc) is 3.36. The maximum atomic E-state index is 12.9. The number of rotatable bonds is 8. The quantitative estimate of drug-likeness (QED) is 0.285. The molecule has 0 saturated heterocycles. The molecule has 8 nitrogen and oxygen atoms in total. The molecule has 32 heavy (non-hydrogen) atoms. The van der Waals surface area contributed by atoms with Crippen molar-refractivity contribution in [3.05, 3.63) is 54.2 Å². The Labute approximate surface area is 189 Å². The first-order valence-corrected chi connectivity index (χ1v) is 12.2. The fourth-order valence-corrected chi connectivity index (χ4v) is 4.99. The van der Waals surface area contributed by atoms with E-state index in [0.29, 0.717) is 34.9 Å². The molecule has 0 amide bonds. The number of aromatic nitrogens is 2. The zero-order chi connectivity index (χ0) is 22.9. The number of fused-ring (bicyclic) bond motifs is 2. The number of nitriles is 1. The van der Waals surface area contributed by atoms with Gasteiger partial charge in [0, 0.05) is 43.3 Å². The molecule has 0 N–H and O–H groups in total. The SMILES string of the molecule is CN(C)S(=O)(=O)c1ccc2oc(SCC(=O)c3cn(CCC#N)c4ccccc34)nc2c1. The predicted molar refractivity (Wildman–Crippen MR) is 122 cm³/mol. The van der Waals surface area contributed by atoms with Crippen LogP contribution >= 0.6 is 11.8 Å². The summed E-state index contributed by atoms with van der Waals surface area (Å²) in [7, 11) is -0.648. The Morgan fingerprint density at radius 2 is 2.03 bits per heavy atom. The molecule has 0 atom stereocenters. The largest absolute Gasteiger partial charge is 0.431 e. The first-order valence-electron chi connectivity index (χ1n) is 9.75. The first-order chi connectivity index (χ1) is 15.3.